The van der Waals surface area contributed by atoms with E-state index < -0.39 is 0 Å². The first-order chi connectivity index (χ1) is 13.3. The van der Waals surface area contributed by atoms with Crippen LogP contribution in [0.4, 0.5) is 0 Å². The normalized spacial score (nSPS) is 29.3. The van der Waals surface area contributed by atoms with Gasteiger partial charge in [0.2, 0.25) is 5.91 Å². The first kappa shape index (κ1) is 22.0. The third-order valence-corrected chi connectivity index (χ3v) is 7.87. The molecule has 2 aliphatic rings. The summed E-state index contributed by atoms with van der Waals surface area (Å²) < 4.78 is 0. The number of aryl methyl sites for hydroxylation is 1. The maximum atomic E-state index is 13.7. The predicted octanol–water partition coefficient (Wildman–Crippen LogP) is 6.13. The molecular weight excluding hydrogens is 389 g/mol. The van der Waals surface area contributed by atoms with Gasteiger partial charge in [-0.25, -0.2) is 0 Å². The van der Waals surface area contributed by atoms with E-state index in [0.717, 1.165) is 25.7 Å². The molecule has 0 aliphatic heterocycles. The van der Waals surface area contributed by atoms with Crippen LogP contribution < -0.4 is 0 Å². The standard InChI is InChI=1S/C24H35Cl2NO/c1-17(2)18-6-8-20-19(16-18)7-9-21-23(20,3)10-5-11-24(21,4)22(28)27(14-12-25)15-13-26/h6,8,16-17,21H,5,7,9-15H2,1-4H3/t21-,23-,24-/m1/s1. The summed E-state index contributed by atoms with van der Waals surface area (Å²) in [6, 6.07) is 7.09. The molecule has 156 valence electrons. The van der Waals surface area contributed by atoms with E-state index in [-0.39, 0.29) is 16.7 Å². The van der Waals surface area contributed by atoms with Crippen LogP contribution in [0.1, 0.15) is 76.0 Å². The van der Waals surface area contributed by atoms with Crippen molar-refractivity contribution in [2.24, 2.45) is 11.3 Å². The second-order valence-electron chi connectivity index (χ2n) is 9.52. The summed E-state index contributed by atoms with van der Waals surface area (Å²) in [5.41, 5.74) is 4.14. The van der Waals surface area contributed by atoms with Crippen LogP contribution >= 0.6 is 23.2 Å². The average molecular weight is 424 g/mol. The van der Waals surface area contributed by atoms with E-state index in [1.54, 1.807) is 0 Å². The van der Waals surface area contributed by atoms with Crippen molar-refractivity contribution in [3.8, 4) is 0 Å². The summed E-state index contributed by atoms with van der Waals surface area (Å²) in [5.74, 6) is 2.09. The Morgan fingerprint density at radius 3 is 2.46 bits per heavy atom. The number of rotatable bonds is 6. The highest BCUT2D eigenvalue weighted by Gasteiger charge is 2.55. The fourth-order valence-corrected chi connectivity index (χ4v) is 6.41. The van der Waals surface area contributed by atoms with Crippen LogP contribution in [0.25, 0.3) is 0 Å². The zero-order valence-corrected chi connectivity index (χ0v) is 19.4. The van der Waals surface area contributed by atoms with Crippen molar-refractivity contribution in [1.29, 1.82) is 0 Å². The number of nitrogens with zero attached hydrogens (tertiary/aromatic N) is 1. The van der Waals surface area contributed by atoms with Crippen molar-refractivity contribution in [3.05, 3.63) is 34.9 Å². The molecule has 1 aromatic rings. The van der Waals surface area contributed by atoms with Crippen molar-refractivity contribution in [2.75, 3.05) is 24.8 Å². The molecule has 0 unspecified atom stereocenters. The van der Waals surface area contributed by atoms with Gasteiger partial charge in [0.1, 0.15) is 0 Å². The lowest BCUT2D eigenvalue weighted by Gasteiger charge is -2.55. The molecule has 1 aromatic carbocycles. The molecule has 0 N–H and O–H groups in total. The summed E-state index contributed by atoms with van der Waals surface area (Å²) in [4.78, 5) is 15.6. The monoisotopic (exact) mass is 423 g/mol. The van der Waals surface area contributed by atoms with Crippen LogP contribution in [0.15, 0.2) is 18.2 Å². The number of carbonyl (C=O) groups excluding carboxylic acids is 1. The molecule has 28 heavy (non-hydrogen) atoms. The molecule has 3 rings (SSSR count). The number of halogens is 2. The van der Waals surface area contributed by atoms with Gasteiger partial charge in [0, 0.05) is 24.8 Å². The van der Waals surface area contributed by atoms with E-state index in [1.165, 1.54) is 23.1 Å². The van der Waals surface area contributed by atoms with Gasteiger partial charge in [-0.2, -0.15) is 0 Å². The molecule has 0 heterocycles. The predicted molar refractivity (Wildman–Crippen MR) is 120 cm³/mol. The molecule has 1 fully saturated rings. The maximum absolute atomic E-state index is 13.7. The molecule has 4 heteroatoms. The zero-order valence-electron chi connectivity index (χ0n) is 17.9. The number of hydrogen-bond acceptors (Lipinski definition) is 1. The molecule has 0 bridgehead atoms. The molecule has 2 nitrogen and oxygen atoms in total. The van der Waals surface area contributed by atoms with Gasteiger partial charge in [0.15, 0.2) is 0 Å². The van der Waals surface area contributed by atoms with Crippen LogP contribution in [0.3, 0.4) is 0 Å². The van der Waals surface area contributed by atoms with Crippen molar-refractivity contribution in [3.63, 3.8) is 0 Å². The summed E-state index contributed by atoms with van der Waals surface area (Å²) in [6.07, 6.45) is 5.38. The van der Waals surface area contributed by atoms with Gasteiger partial charge in [-0.05, 0) is 59.6 Å². The second-order valence-corrected chi connectivity index (χ2v) is 10.3. The minimum atomic E-state index is -0.334. The smallest absolute Gasteiger partial charge is 0.228 e. The van der Waals surface area contributed by atoms with E-state index >= 15 is 0 Å². The van der Waals surface area contributed by atoms with E-state index in [4.69, 9.17) is 23.2 Å². The van der Waals surface area contributed by atoms with Gasteiger partial charge in [-0.1, -0.05) is 52.3 Å². The Hall–Kier alpha value is -0.730. The highest BCUT2D eigenvalue weighted by Crippen LogP contribution is 2.57. The Balaban J connectivity index is 1.97. The lowest BCUT2D eigenvalue weighted by molar-refractivity contribution is -0.150. The molecule has 1 saturated carbocycles. The third-order valence-electron chi connectivity index (χ3n) is 7.53. The highest BCUT2D eigenvalue weighted by molar-refractivity contribution is 6.18. The van der Waals surface area contributed by atoms with E-state index in [0.29, 0.717) is 36.7 Å². The SMILES string of the molecule is CC(C)c1ccc2c(c1)CC[C@H]1[C@](C)(C(=O)N(CCCl)CCCl)CCC[C@]21C. The molecular formula is C24H35Cl2NO. The molecule has 0 spiro atoms. The minimum absolute atomic E-state index is 0.0688. The summed E-state index contributed by atoms with van der Waals surface area (Å²) >= 11 is 12.0. The Morgan fingerprint density at radius 1 is 1.18 bits per heavy atom. The maximum Gasteiger partial charge on any atom is 0.228 e. The van der Waals surface area contributed by atoms with Gasteiger partial charge in [-0.3, -0.25) is 4.79 Å². The summed E-state index contributed by atoms with van der Waals surface area (Å²) in [6.45, 7) is 10.3. The highest BCUT2D eigenvalue weighted by atomic mass is 35.5. The minimum Gasteiger partial charge on any atom is -0.340 e. The molecule has 0 aromatic heterocycles. The number of benzene rings is 1. The number of hydrogen-bond donors (Lipinski definition) is 0. The first-order valence-corrected chi connectivity index (χ1v) is 11.9. The zero-order chi connectivity index (χ0) is 20.5. The third kappa shape index (κ3) is 3.72. The van der Waals surface area contributed by atoms with Crippen molar-refractivity contribution in [1.82, 2.24) is 4.90 Å². The summed E-state index contributed by atoms with van der Waals surface area (Å²) in [5, 5.41) is 0. The molecule has 3 atom stereocenters. The fourth-order valence-electron chi connectivity index (χ4n) is 6.01. The lowest BCUT2D eigenvalue weighted by Crippen LogP contribution is -2.56. The van der Waals surface area contributed by atoms with Crippen LogP contribution in [0.5, 0.6) is 0 Å². The number of amides is 1. The van der Waals surface area contributed by atoms with Crippen molar-refractivity contribution >= 4 is 29.1 Å². The van der Waals surface area contributed by atoms with Crippen LogP contribution in [0, 0.1) is 11.3 Å². The Morgan fingerprint density at radius 2 is 1.86 bits per heavy atom. The van der Waals surface area contributed by atoms with Crippen molar-refractivity contribution in [2.45, 2.75) is 71.1 Å². The molecule has 1 amide bonds. The second kappa shape index (κ2) is 8.56. The van der Waals surface area contributed by atoms with E-state index in [9.17, 15) is 4.79 Å². The lowest BCUT2D eigenvalue weighted by atomic mass is 9.49. The van der Waals surface area contributed by atoms with Gasteiger partial charge in [0.05, 0.1) is 5.41 Å². The van der Waals surface area contributed by atoms with E-state index in [1.807, 2.05) is 4.90 Å². The Labute approximate surface area is 181 Å². The number of carbonyl (C=O) groups is 1. The Bertz CT molecular complexity index is 713. The van der Waals surface area contributed by atoms with Crippen LogP contribution in [-0.2, 0) is 16.6 Å². The van der Waals surface area contributed by atoms with Gasteiger partial charge >= 0.3 is 0 Å². The van der Waals surface area contributed by atoms with Crippen molar-refractivity contribution < 1.29 is 4.79 Å². The number of fused-ring (bicyclic) bond motifs is 3. The first-order valence-electron chi connectivity index (χ1n) is 10.8. The quantitative estimate of drug-likeness (QED) is 0.504. The molecule has 0 saturated heterocycles. The molecule has 2 aliphatic carbocycles. The van der Waals surface area contributed by atoms with Gasteiger partial charge in [0.25, 0.3) is 0 Å². The van der Waals surface area contributed by atoms with E-state index in [2.05, 4.69) is 45.9 Å². The fraction of sp³-hybridized carbons (Fsp3) is 0.708. The number of alkyl halides is 2. The Kier molecular flexibility index (Phi) is 6.72. The van der Waals surface area contributed by atoms with Crippen LogP contribution in [-0.4, -0.2) is 35.7 Å². The van der Waals surface area contributed by atoms with Crippen LogP contribution in [0.2, 0.25) is 0 Å². The largest absolute Gasteiger partial charge is 0.340 e. The summed E-state index contributed by atoms with van der Waals surface area (Å²) in [7, 11) is 0. The van der Waals surface area contributed by atoms with Gasteiger partial charge in [-0.15, -0.1) is 23.2 Å². The molecule has 0 radical (unpaired) electrons. The topological polar surface area (TPSA) is 20.3 Å². The average Bonchev–Trinajstić information content (AvgIpc) is 2.66. The van der Waals surface area contributed by atoms with Gasteiger partial charge < -0.3 is 4.90 Å².